The predicted molar refractivity (Wildman–Crippen MR) is 118 cm³/mol. The topological polar surface area (TPSA) is 101 Å². The number of rotatable bonds is 5. The van der Waals surface area contributed by atoms with Crippen LogP contribution in [0.25, 0.3) is 11.5 Å². The molecule has 0 saturated carbocycles. The number of thioether (sulfide) groups is 1. The van der Waals surface area contributed by atoms with Gasteiger partial charge in [-0.15, -0.1) is 11.8 Å². The van der Waals surface area contributed by atoms with Gasteiger partial charge in [-0.25, -0.2) is 4.79 Å². The highest BCUT2D eigenvalue weighted by atomic mass is 32.2. The zero-order valence-corrected chi connectivity index (χ0v) is 18.7. The first-order chi connectivity index (χ1) is 15.0. The molecule has 0 atom stereocenters. The highest BCUT2D eigenvalue weighted by Gasteiger charge is 2.22. The summed E-state index contributed by atoms with van der Waals surface area (Å²) in [6, 6.07) is 7.78. The van der Waals surface area contributed by atoms with Gasteiger partial charge < -0.3 is 19.3 Å². The van der Waals surface area contributed by atoms with Crippen LogP contribution in [0, 0.1) is 13.8 Å². The summed E-state index contributed by atoms with van der Waals surface area (Å²) in [5.74, 6) is 1.70. The Morgan fingerprint density at radius 3 is 2.74 bits per heavy atom. The maximum absolute atomic E-state index is 12.8. The van der Waals surface area contributed by atoms with Crippen LogP contribution < -0.4 is 5.32 Å². The van der Waals surface area contributed by atoms with E-state index in [2.05, 4.69) is 25.5 Å². The molecular formula is C21H26N6O3S. The van der Waals surface area contributed by atoms with Crippen LogP contribution in [0.1, 0.15) is 23.7 Å². The molecule has 1 fully saturated rings. The molecular weight excluding hydrogens is 416 g/mol. The zero-order chi connectivity index (χ0) is 21.8. The first-order valence-electron chi connectivity index (χ1n) is 10.2. The normalized spacial score (nSPS) is 15.1. The van der Waals surface area contributed by atoms with Crippen molar-refractivity contribution in [3.63, 3.8) is 0 Å². The van der Waals surface area contributed by atoms with Crippen molar-refractivity contribution in [2.45, 2.75) is 31.7 Å². The molecule has 3 heterocycles. The molecule has 10 heteroatoms. The summed E-state index contributed by atoms with van der Waals surface area (Å²) in [4.78, 5) is 22.5. The van der Waals surface area contributed by atoms with Gasteiger partial charge in [0.25, 0.3) is 5.89 Å². The second-order valence-electron chi connectivity index (χ2n) is 7.46. The van der Waals surface area contributed by atoms with Crippen molar-refractivity contribution in [2.75, 3.05) is 37.8 Å². The van der Waals surface area contributed by atoms with Gasteiger partial charge in [0.2, 0.25) is 0 Å². The highest BCUT2D eigenvalue weighted by Crippen LogP contribution is 2.26. The summed E-state index contributed by atoms with van der Waals surface area (Å²) in [5.41, 5.74) is 2.33. The fraction of sp³-hybridized carbons (Fsp3) is 0.429. The Kier molecular flexibility index (Phi) is 6.57. The molecule has 2 amide bonds. The molecule has 31 heavy (non-hydrogen) atoms. The van der Waals surface area contributed by atoms with Crippen molar-refractivity contribution < 1.29 is 13.8 Å². The van der Waals surface area contributed by atoms with Crippen molar-refractivity contribution in [2.24, 2.45) is 0 Å². The van der Waals surface area contributed by atoms with E-state index < -0.39 is 0 Å². The predicted octanol–water partition coefficient (Wildman–Crippen LogP) is 3.80. The van der Waals surface area contributed by atoms with Crippen LogP contribution in [0.3, 0.4) is 0 Å². The molecule has 3 aromatic rings. The fourth-order valence-electron chi connectivity index (χ4n) is 3.68. The molecule has 0 radical (unpaired) electrons. The van der Waals surface area contributed by atoms with E-state index in [9.17, 15) is 4.79 Å². The summed E-state index contributed by atoms with van der Waals surface area (Å²) in [7, 11) is 0. The lowest BCUT2D eigenvalue weighted by molar-refractivity contribution is 0.210. The number of nitrogens with zero attached hydrogens (tertiary/aromatic N) is 5. The van der Waals surface area contributed by atoms with Crippen LogP contribution in [0.5, 0.6) is 0 Å². The molecule has 0 aliphatic carbocycles. The van der Waals surface area contributed by atoms with Gasteiger partial charge in [-0.3, -0.25) is 4.90 Å². The summed E-state index contributed by atoms with van der Waals surface area (Å²) >= 11 is 1.62. The largest absolute Gasteiger partial charge is 0.361 e. The summed E-state index contributed by atoms with van der Waals surface area (Å²) in [6.45, 7) is 7.19. The Morgan fingerprint density at radius 2 is 1.97 bits per heavy atom. The summed E-state index contributed by atoms with van der Waals surface area (Å²) in [6.07, 6.45) is 2.88. The van der Waals surface area contributed by atoms with Gasteiger partial charge in [0, 0.05) is 31.1 Å². The summed E-state index contributed by atoms with van der Waals surface area (Å²) in [5, 5.41) is 11.1. The maximum atomic E-state index is 12.8. The molecule has 0 spiro atoms. The Labute approximate surface area is 185 Å². The van der Waals surface area contributed by atoms with E-state index in [0.717, 1.165) is 41.4 Å². The van der Waals surface area contributed by atoms with Crippen molar-refractivity contribution >= 4 is 23.5 Å². The number of anilines is 1. The smallest absolute Gasteiger partial charge is 0.321 e. The van der Waals surface area contributed by atoms with Gasteiger partial charge in [-0.2, -0.15) is 4.98 Å². The monoisotopic (exact) mass is 442 g/mol. The third-order valence-electron chi connectivity index (χ3n) is 5.30. The molecule has 4 rings (SSSR count). The molecule has 0 unspecified atom stereocenters. The second-order valence-corrected chi connectivity index (χ2v) is 8.31. The van der Waals surface area contributed by atoms with E-state index in [0.29, 0.717) is 37.1 Å². The minimum atomic E-state index is -0.0661. The third kappa shape index (κ3) is 4.91. The van der Waals surface area contributed by atoms with Gasteiger partial charge in [-0.1, -0.05) is 22.4 Å². The quantitative estimate of drug-likeness (QED) is 0.596. The Bertz CT molecular complexity index is 1030. The molecule has 1 aliphatic rings. The Hall–Kier alpha value is -2.85. The van der Waals surface area contributed by atoms with Gasteiger partial charge in [0.1, 0.15) is 11.3 Å². The molecule has 164 valence electrons. The number of nitrogens with one attached hydrogen (secondary N) is 1. The third-order valence-corrected chi connectivity index (χ3v) is 6.10. The molecule has 1 saturated heterocycles. The van der Waals surface area contributed by atoms with Crippen molar-refractivity contribution in [1.82, 2.24) is 25.1 Å². The van der Waals surface area contributed by atoms with E-state index in [4.69, 9.17) is 9.05 Å². The number of amides is 2. The molecule has 1 aliphatic heterocycles. The average Bonchev–Trinajstić information content (AvgIpc) is 3.26. The first kappa shape index (κ1) is 21.4. The number of carbonyl (C=O) groups is 1. The van der Waals surface area contributed by atoms with Crippen molar-refractivity contribution in [3.05, 3.63) is 41.5 Å². The number of hydrogen-bond acceptors (Lipinski definition) is 8. The van der Waals surface area contributed by atoms with Crippen molar-refractivity contribution in [3.8, 4) is 11.5 Å². The van der Waals surface area contributed by atoms with Crippen LogP contribution >= 0.6 is 11.8 Å². The molecule has 0 bridgehead atoms. The first-order valence-corrected chi connectivity index (χ1v) is 11.4. The van der Waals surface area contributed by atoms with Gasteiger partial charge in [-0.05, 0) is 38.7 Å². The fourth-order valence-corrected chi connectivity index (χ4v) is 4.24. The molecule has 1 aromatic carbocycles. The summed E-state index contributed by atoms with van der Waals surface area (Å²) < 4.78 is 10.6. The Morgan fingerprint density at radius 1 is 1.13 bits per heavy atom. The number of para-hydroxylation sites is 1. The van der Waals surface area contributed by atoms with E-state index >= 15 is 0 Å². The minimum Gasteiger partial charge on any atom is -0.361 e. The highest BCUT2D eigenvalue weighted by molar-refractivity contribution is 7.98. The van der Waals surface area contributed by atoms with E-state index in [-0.39, 0.29) is 6.03 Å². The van der Waals surface area contributed by atoms with Crippen molar-refractivity contribution in [1.29, 1.82) is 0 Å². The van der Waals surface area contributed by atoms with Crippen LogP contribution in [0.4, 0.5) is 10.5 Å². The zero-order valence-electron chi connectivity index (χ0n) is 17.9. The van der Waals surface area contributed by atoms with Gasteiger partial charge in [0.15, 0.2) is 5.82 Å². The van der Waals surface area contributed by atoms with E-state index in [1.54, 1.807) is 11.8 Å². The number of carbonyl (C=O) groups excluding carboxylic acids is 1. The lowest BCUT2D eigenvalue weighted by atomic mass is 10.2. The van der Waals surface area contributed by atoms with Gasteiger partial charge >= 0.3 is 6.03 Å². The van der Waals surface area contributed by atoms with Gasteiger partial charge in [0.05, 0.1) is 17.9 Å². The molecule has 9 nitrogen and oxygen atoms in total. The maximum Gasteiger partial charge on any atom is 0.321 e. The molecule has 2 aromatic heterocycles. The van der Waals surface area contributed by atoms with Crippen LogP contribution in [-0.2, 0) is 6.54 Å². The SMILES string of the molecule is CSc1ccccc1NC(=O)N1CCCN(Cc2noc(-c3c(C)noc3C)n2)CC1. The van der Waals surface area contributed by atoms with Crippen LogP contribution in [0.2, 0.25) is 0 Å². The number of aryl methyl sites for hydroxylation is 2. The number of benzene rings is 1. The Balaban J connectivity index is 1.35. The minimum absolute atomic E-state index is 0.0661. The van der Waals surface area contributed by atoms with E-state index in [1.165, 1.54) is 0 Å². The lowest BCUT2D eigenvalue weighted by Crippen LogP contribution is -2.38. The van der Waals surface area contributed by atoms with Crippen LogP contribution in [0.15, 0.2) is 38.2 Å². The van der Waals surface area contributed by atoms with E-state index in [1.807, 2.05) is 49.3 Å². The number of hydrogen-bond donors (Lipinski definition) is 1. The van der Waals surface area contributed by atoms with Crippen LogP contribution in [-0.4, -0.2) is 63.6 Å². The number of aromatic nitrogens is 3. The average molecular weight is 443 g/mol. The second kappa shape index (κ2) is 9.52. The standard InChI is InChI=1S/C21H26N6O3S/c1-14-19(15(2)29-24-14)20-23-18(25-30-20)13-26-9-6-10-27(12-11-26)21(28)22-16-7-4-5-8-17(16)31-3/h4-5,7-8H,6,9-13H2,1-3H3,(H,22,28). The number of urea groups is 1. The molecule has 1 N–H and O–H groups in total. The lowest BCUT2D eigenvalue weighted by Gasteiger charge is -2.22.